The monoisotopic (exact) mass is 406 g/mol. The molecule has 1 aromatic heterocycles. The summed E-state index contributed by atoms with van der Waals surface area (Å²) < 4.78 is 0. The predicted octanol–water partition coefficient (Wildman–Crippen LogP) is 7.86. The van der Waals surface area contributed by atoms with E-state index in [0.717, 1.165) is 11.4 Å². The summed E-state index contributed by atoms with van der Waals surface area (Å²) in [5.41, 5.74) is 3.58. The molecule has 0 N–H and O–H groups in total. The minimum Gasteiger partial charge on any atom is -0.237 e. The van der Waals surface area contributed by atoms with E-state index in [9.17, 15) is 0 Å². The Morgan fingerprint density at radius 1 is 0.438 bits per heavy atom. The molecule has 0 aliphatic carbocycles. The minimum absolute atomic E-state index is 0.764. The summed E-state index contributed by atoms with van der Waals surface area (Å²) in [6, 6.07) is 34.9. The van der Waals surface area contributed by atoms with Crippen LogP contribution in [0.3, 0.4) is 0 Å². The van der Waals surface area contributed by atoms with Crippen molar-refractivity contribution in [3.05, 3.63) is 109 Å². The maximum Gasteiger partial charge on any atom is 0.159 e. The third-order valence-corrected chi connectivity index (χ3v) is 6.53. The molecule has 0 atom stereocenters. The molecule has 0 radical (unpaired) electrons. The molecular weight excluding hydrogens is 388 g/mol. The van der Waals surface area contributed by atoms with Gasteiger partial charge in [-0.15, -0.1) is 0 Å². The van der Waals surface area contributed by atoms with Crippen LogP contribution in [0.2, 0.25) is 0 Å². The highest BCUT2D eigenvalue weighted by atomic mass is 14.8. The Morgan fingerprint density at radius 2 is 1.03 bits per heavy atom. The van der Waals surface area contributed by atoms with Gasteiger partial charge in [-0.2, -0.15) is 0 Å². The molecule has 0 amide bonds. The van der Waals surface area contributed by atoms with E-state index in [0.29, 0.717) is 0 Å². The summed E-state index contributed by atoms with van der Waals surface area (Å²) in [5.74, 6) is 0.764. The molecule has 2 heteroatoms. The normalized spacial score (nSPS) is 11.8. The summed E-state index contributed by atoms with van der Waals surface area (Å²) in [7, 11) is 0. The van der Waals surface area contributed by atoms with Crippen LogP contribution in [0.4, 0.5) is 0 Å². The summed E-state index contributed by atoms with van der Waals surface area (Å²) >= 11 is 0. The van der Waals surface area contributed by atoms with Crippen molar-refractivity contribution >= 4 is 43.1 Å². The van der Waals surface area contributed by atoms with Crippen LogP contribution in [0, 0.1) is 0 Å². The van der Waals surface area contributed by atoms with E-state index in [1.807, 2.05) is 6.07 Å². The molecule has 7 aromatic rings. The van der Waals surface area contributed by atoms with E-state index in [1.165, 1.54) is 54.2 Å². The van der Waals surface area contributed by atoms with Gasteiger partial charge >= 0.3 is 0 Å². The van der Waals surface area contributed by atoms with Gasteiger partial charge in [0.2, 0.25) is 0 Å². The third-order valence-electron chi connectivity index (χ3n) is 6.53. The van der Waals surface area contributed by atoms with Crippen molar-refractivity contribution < 1.29 is 0 Å². The number of fused-ring (bicyclic) bond motifs is 1. The molecule has 0 saturated heterocycles. The molecule has 32 heavy (non-hydrogen) atoms. The van der Waals surface area contributed by atoms with E-state index < -0.39 is 0 Å². The van der Waals surface area contributed by atoms with Gasteiger partial charge in [0.05, 0.1) is 0 Å². The van der Waals surface area contributed by atoms with Gasteiger partial charge in [-0.1, -0.05) is 78.9 Å². The van der Waals surface area contributed by atoms with Crippen molar-refractivity contribution in [1.29, 1.82) is 0 Å². The summed E-state index contributed by atoms with van der Waals surface area (Å²) in [6.45, 7) is 0. The fraction of sp³-hybridized carbons (Fsp3) is 0. The second-order valence-corrected chi connectivity index (χ2v) is 8.28. The van der Waals surface area contributed by atoms with Crippen molar-refractivity contribution in [3.63, 3.8) is 0 Å². The highest BCUT2D eigenvalue weighted by molar-refractivity contribution is 6.27. The number of aromatic nitrogens is 2. The van der Waals surface area contributed by atoms with Crippen LogP contribution in [-0.2, 0) is 0 Å². The molecule has 0 aliphatic heterocycles. The van der Waals surface area contributed by atoms with Gasteiger partial charge in [-0.3, -0.25) is 0 Å². The van der Waals surface area contributed by atoms with Crippen molar-refractivity contribution in [2.45, 2.75) is 0 Å². The lowest BCUT2D eigenvalue weighted by molar-refractivity contribution is 1.18. The second-order valence-electron chi connectivity index (χ2n) is 8.28. The quantitative estimate of drug-likeness (QED) is 0.273. The molecule has 0 aliphatic rings. The van der Waals surface area contributed by atoms with Crippen LogP contribution >= 0.6 is 0 Å². The molecule has 0 bridgehead atoms. The molecule has 148 valence electrons. The Labute approximate surface area is 185 Å². The Hall–Kier alpha value is -4.30. The van der Waals surface area contributed by atoms with Gasteiger partial charge in [-0.25, -0.2) is 9.97 Å². The van der Waals surface area contributed by atoms with Crippen LogP contribution in [-0.4, -0.2) is 9.97 Å². The standard InChI is InChI=1S/C30H18N2/c1-2-5-22-18-23(7-6-19(22)4-1)24-12-8-20-10-14-26-27(30-31-16-3-17-32-30)15-11-21-9-13-25(24)28(20)29(21)26/h1-18H. The molecule has 1 heterocycles. The average Bonchev–Trinajstić information content (AvgIpc) is 2.87. The van der Waals surface area contributed by atoms with Gasteiger partial charge in [-0.05, 0) is 72.4 Å². The first-order chi connectivity index (χ1) is 15.9. The first kappa shape index (κ1) is 17.4. The zero-order chi connectivity index (χ0) is 21.1. The van der Waals surface area contributed by atoms with Crippen molar-refractivity contribution in [1.82, 2.24) is 9.97 Å². The van der Waals surface area contributed by atoms with Crippen LogP contribution in [0.5, 0.6) is 0 Å². The topological polar surface area (TPSA) is 25.8 Å². The molecule has 0 fully saturated rings. The molecule has 0 unspecified atom stereocenters. The van der Waals surface area contributed by atoms with Gasteiger partial charge in [0.1, 0.15) is 0 Å². The number of hydrogen-bond donors (Lipinski definition) is 0. The average molecular weight is 406 g/mol. The highest BCUT2D eigenvalue weighted by Crippen LogP contribution is 2.42. The highest BCUT2D eigenvalue weighted by Gasteiger charge is 2.15. The third kappa shape index (κ3) is 2.47. The smallest absolute Gasteiger partial charge is 0.159 e. The summed E-state index contributed by atoms with van der Waals surface area (Å²) in [4.78, 5) is 9.03. The molecule has 7 rings (SSSR count). The number of hydrogen-bond acceptors (Lipinski definition) is 2. The SMILES string of the molecule is c1cnc(-c2ccc3ccc4c(-c5ccc6ccccc6c5)ccc5ccc2c3c54)nc1. The zero-order valence-corrected chi connectivity index (χ0v) is 17.3. The van der Waals surface area contributed by atoms with Crippen LogP contribution in [0.15, 0.2) is 109 Å². The Bertz CT molecular complexity index is 1770. The van der Waals surface area contributed by atoms with Crippen molar-refractivity contribution in [2.75, 3.05) is 0 Å². The number of benzene rings is 6. The van der Waals surface area contributed by atoms with Crippen LogP contribution < -0.4 is 0 Å². The lowest BCUT2D eigenvalue weighted by Crippen LogP contribution is -1.92. The van der Waals surface area contributed by atoms with Crippen LogP contribution in [0.1, 0.15) is 0 Å². The van der Waals surface area contributed by atoms with Crippen molar-refractivity contribution in [3.8, 4) is 22.5 Å². The Kier molecular flexibility index (Phi) is 3.58. The summed E-state index contributed by atoms with van der Waals surface area (Å²) in [5, 5.41) is 10.1. The van der Waals surface area contributed by atoms with Gasteiger partial charge in [0.25, 0.3) is 0 Å². The Morgan fingerprint density at radius 3 is 1.78 bits per heavy atom. The number of rotatable bonds is 2. The maximum absolute atomic E-state index is 4.51. The second kappa shape index (κ2) is 6.60. The van der Waals surface area contributed by atoms with E-state index in [-0.39, 0.29) is 0 Å². The van der Waals surface area contributed by atoms with Gasteiger partial charge in [0.15, 0.2) is 5.82 Å². The molecule has 0 spiro atoms. The van der Waals surface area contributed by atoms with E-state index in [2.05, 4.69) is 101 Å². The fourth-order valence-electron chi connectivity index (χ4n) is 5.04. The lowest BCUT2D eigenvalue weighted by Gasteiger charge is -2.16. The van der Waals surface area contributed by atoms with Gasteiger partial charge in [0, 0.05) is 18.0 Å². The lowest BCUT2D eigenvalue weighted by atomic mass is 9.88. The molecule has 2 nitrogen and oxygen atoms in total. The first-order valence-corrected chi connectivity index (χ1v) is 10.8. The number of nitrogens with zero attached hydrogens (tertiary/aromatic N) is 2. The van der Waals surface area contributed by atoms with E-state index in [1.54, 1.807) is 12.4 Å². The maximum atomic E-state index is 4.51. The van der Waals surface area contributed by atoms with E-state index >= 15 is 0 Å². The van der Waals surface area contributed by atoms with Crippen molar-refractivity contribution in [2.24, 2.45) is 0 Å². The van der Waals surface area contributed by atoms with Gasteiger partial charge < -0.3 is 0 Å². The molecule has 0 saturated carbocycles. The predicted molar refractivity (Wildman–Crippen MR) is 134 cm³/mol. The summed E-state index contributed by atoms with van der Waals surface area (Å²) in [6.07, 6.45) is 3.61. The Balaban J connectivity index is 1.57. The molecule has 6 aromatic carbocycles. The van der Waals surface area contributed by atoms with Crippen LogP contribution in [0.25, 0.3) is 65.6 Å². The zero-order valence-electron chi connectivity index (χ0n) is 17.3. The first-order valence-electron chi connectivity index (χ1n) is 10.8. The fourth-order valence-corrected chi connectivity index (χ4v) is 5.04. The largest absolute Gasteiger partial charge is 0.237 e. The van der Waals surface area contributed by atoms with E-state index in [4.69, 9.17) is 0 Å². The molecular formula is C30H18N2. The minimum atomic E-state index is 0.764.